The van der Waals surface area contributed by atoms with Gasteiger partial charge in [0, 0.05) is 6.04 Å². The normalized spacial score (nSPS) is 15.1. The van der Waals surface area contributed by atoms with Crippen molar-refractivity contribution in [1.29, 1.82) is 0 Å². The molecular formula is C8H15N5O. The molecule has 0 aliphatic rings. The number of carbonyl (C=O) groups excluding carboxylic acids is 1. The summed E-state index contributed by atoms with van der Waals surface area (Å²) >= 11 is 0. The molecule has 0 radical (unpaired) electrons. The van der Waals surface area contributed by atoms with Crippen LogP contribution in [0.1, 0.15) is 25.6 Å². The predicted molar refractivity (Wildman–Crippen MR) is 51.0 cm³/mol. The zero-order valence-electron chi connectivity index (χ0n) is 8.34. The molecule has 1 rings (SSSR count). The Morgan fingerprint density at radius 2 is 2.29 bits per heavy atom. The van der Waals surface area contributed by atoms with Gasteiger partial charge in [0.05, 0.1) is 24.4 Å². The number of nitrogens with two attached hydrogens (primary N) is 2. The lowest BCUT2D eigenvalue weighted by molar-refractivity contribution is -0.121. The van der Waals surface area contributed by atoms with Gasteiger partial charge in [-0.3, -0.25) is 9.48 Å². The predicted octanol–water partition coefficient (Wildman–Crippen LogP) is -0.581. The molecule has 1 heterocycles. The van der Waals surface area contributed by atoms with E-state index in [9.17, 15) is 4.79 Å². The van der Waals surface area contributed by atoms with Crippen LogP contribution in [-0.4, -0.2) is 20.9 Å². The van der Waals surface area contributed by atoms with E-state index < -0.39 is 0 Å². The molecule has 0 fully saturated rings. The number of aromatic nitrogens is 3. The fraction of sp³-hybridized carbons (Fsp3) is 0.625. The SMILES string of the molecule is CC(Cn1cc(C(C)N)nn1)C(N)=O. The van der Waals surface area contributed by atoms with Gasteiger partial charge in [0.2, 0.25) is 5.91 Å². The molecule has 2 atom stereocenters. The van der Waals surface area contributed by atoms with E-state index in [0.29, 0.717) is 12.2 Å². The van der Waals surface area contributed by atoms with Crippen LogP contribution < -0.4 is 11.5 Å². The van der Waals surface area contributed by atoms with E-state index in [0.717, 1.165) is 0 Å². The molecule has 1 aromatic heterocycles. The lowest BCUT2D eigenvalue weighted by atomic mass is 10.2. The second-order valence-electron chi connectivity index (χ2n) is 3.46. The molecule has 1 amide bonds. The first-order valence-corrected chi connectivity index (χ1v) is 4.45. The van der Waals surface area contributed by atoms with Crippen LogP contribution >= 0.6 is 0 Å². The van der Waals surface area contributed by atoms with E-state index in [1.165, 1.54) is 0 Å². The van der Waals surface area contributed by atoms with Gasteiger partial charge < -0.3 is 11.5 Å². The largest absolute Gasteiger partial charge is 0.369 e. The van der Waals surface area contributed by atoms with Gasteiger partial charge in [0.15, 0.2) is 0 Å². The minimum Gasteiger partial charge on any atom is -0.369 e. The molecule has 0 bridgehead atoms. The first-order valence-electron chi connectivity index (χ1n) is 4.45. The van der Waals surface area contributed by atoms with Crippen LogP contribution in [0, 0.1) is 5.92 Å². The Morgan fingerprint density at radius 3 is 2.71 bits per heavy atom. The zero-order valence-corrected chi connectivity index (χ0v) is 8.34. The van der Waals surface area contributed by atoms with Gasteiger partial charge in [0.1, 0.15) is 0 Å². The van der Waals surface area contributed by atoms with Crippen LogP contribution in [0.5, 0.6) is 0 Å². The topological polar surface area (TPSA) is 99.8 Å². The molecule has 0 saturated carbocycles. The Hall–Kier alpha value is -1.43. The van der Waals surface area contributed by atoms with Crippen molar-refractivity contribution in [2.45, 2.75) is 26.4 Å². The molecular weight excluding hydrogens is 182 g/mol. The van der Waals surface area contributed by atoms with Crippen molar-refractivity contribution in [1.82, 2.24) is 15.0 Å². The maximum Gasteiger partial charge on any atom is 0.222 e. The Bertz CT molecular complexity index is 319. The summed E-state index contributed by atoms with van der Waals surface area (Å²) in [7, 11) is 0. The van der Waals surface area contributed by atoms with Crippen LogP contribution in [0.15, 0.2) is 6.20 Å². The summed E-state index contributed by atoms with van der Waals surface area (Å²) in [5.74, 6) is -0.597. The quantitative estimate of drug-likeness (QED) is 0.674. The summed E-state index contributed by atoms with van der Waals surface area (Å²) in [4.78, 5) is 10.8. The van der Waals surface area contributed by atoms with Gasteiger partial charge in [-0.1, -0.05) is 12.1 Å². The molecule has 4 N–H and O–H groups in total. The van der Waals surface area contributed by atoms with Crippen LogP contribution in [0.4, 0.5) is 0 Å². The highest BCUT2D eigenvalue weighted by atomic mass is 16.1. The summed E-state index contributed by atoms with van der Waals surface area (Å²) in [6, 6.07) is -0.146. The molecule has 14 heavy (non-hydrogen) atoms. The van der Waals surface area contributed by atoms with Crippen LogP contribution in [-0.2, 0) is 11.3 Å². The fourth-order valence-electron chi connectivity index (χ4n) is 0.982. The second kappa shape index (κ2) is 4.19. The van der Waals surface area contributed by atoms with Gasteiger partial charge >= 0.3 is 0 Å². The van der Waals surface area contributed by atoms with Crippen molar-refractivity contribution in [2.75, 3.05) is 0 Å². The van der Waals surface area contributed by atoms with Crippen molar-refractivity contribution < 1.29 is 4.79 Å². The molecule has 0 saturated heterocycles. The summed E-state index contributed by atoms with van der Waals surface area (Å²) in [5.41, 5.74) is 11.4. The number of hydrogen-bond donors (Lipinski definition) is 2. The maximum absolute atomic E-state index is 10.8. The monoisotopic (exact) mass is 197 g/mol. The molecule has 1 aromatic rings. The molecule has 78 valence electrons. The Morgan fingerprint density at radius 1 is 1.64 bits per heavy atom. The van der Waals surface area contributed by atoms with E-state index in [1.54, 1.807) is 17.8 Å². The van der Waals surface area contributed by atoms with Gasteiger partial charge in [-0.15, -0.1) is 5.10 Å². The van der Waals surface area contributed by atoms with Crippen LogP contribution in [0.25, 0.3) is 0 Å². The van der Waals surface area contributed by atoms with Crippen molar-refractivity contribution in [2.24, 2.45) is 17.4 Å². The average molecular weight is 197 g/mol. The van der Waals surface area contributed by atoms with Crippen LogP contribution in [0.2, 0.25) is 0 Å². The maximum atomic E-state index is 10.8. The number of carbonyl (C=O) groups is 1. The second-order valence-corrected chi connectivity index (χ2v) is 3.46. The molecule has 6 nitrogen and oxygen atoms in total. The standard InChI is InChI=1S/C8H15N5O/c1-5(8(10)14)3-13-4-7(6(2)9)11-12-13/h4-6H,3,9H2,1-2H3,(H2,10,14). The lowest BCUT2D eigenvalue weighted by Gasteiger charge is -2.05. The van der Waals surface area contributed by atoms with E-state index in [-0.39, 0.29) is 17.9 Å². The van der Waals surface area contributed by atoms with Gasteiger partial charge in [-0.2, -0.15) is 0 Å². The number of rotatable bonds is 4. The highest BCUT2D eigenvalue weighted by Gasteiger charge is 2.11. The molecule has 6 heteroatoms. The average Bonchev–Trinajstić information content (AvgIpc) is 2.52. The first-order chi connectivity index (χ1) is 6.50. The van der Waals surface area contributed by atoms with Crippen molar-refractivity contribution >= 4 is 5.91 Å². The van der Waals surface area contributed by atoms with E-state index in [4.69, 9.17) is 11.5 Å². The highest BCUT2D eigenvalue weighted by molar-refractivity contribution is 5.76. The molecule has 0 aliphatic heterocycles. The summed E-state index contributed by atoms with van der Waals surface area (Å²) in [5, 5.41) is 7.70. The van der Waals surface area contributed by atoms with Crippen molar-refractivity contribution in [3.63, 3.8) is 0 Å². The lowest BCUT2D eigenvalue weighted by Crippen LogP contribution is -2.24. The minimum atomic E-state index is -0.345. The van der Waals surface area contributed by atoms with Gasteiger partial charge in [0.25, 0.3) is 0 Å². The number of hydrogen-bond acceptors (Lipinski definition) is 4. The van der Waals surface area contributed by atoms with E-state index >= 15 is 0 Å². The number of nitrogens with zero attached hydrogens (tertiary/aromatic N) is 3. The van der Waals surface area contributed by atoms with Crippen molar-refractivity contribution in [3.8, 4) is 0 Å². The van der Waals surface area contributed by atoms with Crippen LogP contribution in [0.3, 0.4) is 0 Å². The number of amides is 1. The third-order valence-corrected chi connectivity index (χ3v) is 1.97. The summed E-state index contributed by atoms with van der Waals surface area (Å²) < 4.78 is 1.58. The summed E-state index contributed by atoms with van der Waals surface area (Å²) in [6.45, 7) is 4.01. The Labute approximate surface area is 82.3 Å². The Kier molecular flexibility index (Phi) is 3.19. The Balaban J connectivity index is 2.64. The third-order valence-electron chi connectivity index (χ3n) is 1.97. The van der Waals surface area contributed by atoms with E-state index in [2.05, 4.69) is 10.3 Å². The first kappa shape index (κ1) is 10.6. The van der Waals surface area contributed by atoms with Gasteiger partial charge in [-0.25, -0.2) is 0 Å². The fourth-order valence-corrected chi connectivity index (χ4v) is 0.982. The summed E-state index contributed by atoms with van der Waals surface area (Å²) in [6.07, 6.45) is 1.73. The molecule has 2 unspecified atom stereocenters. The minimum absolute atomic E-state index is 0.146. The third kappa shape index (κ3) is 2.53. The molecule has 0 aliphatic carbocycles. The smallest absolute Gasteiger partial charge is 0.222 e. The van der Waals surface area contributed by atoms with E-state index in [1.807, 2.05) is 6.92 Å². The molecule has 0 spiro atoms. The zero-order chi connectivity index (χ0) is 10.7. The molecule has 0 aromatic carbocycles. The van der Waals surface area contributed by atoms with Crippen molar-refractivity contribution in [3.05, 3.63) is 11.9 Å². The highest BCUT2D eigenvalue weighted by Crippen LogP contribution is 2.05. The van der Waals surface area contributed by atoms with Gasteiger partial charge in [-0.05, 0) is 6.92 Å². The number of primary amides is 1.